The highest BCUT2D eigenvalue weighted by atomic mass is 32.1. The lowest BCUT2D eigenvalue weighted by Gasteiger charge is -2.49. The molecule has 2 aliphatic rings. The van der Waals surface area contributed by atoms with Crippen LogP contribution in [0.5, 0.6) is 0 Å². The molecule has 2 fully saturated rings. The number of para-hydroxylation sites is 1. The van der Waals surface area contributed by atoms with Crippen molar-refractivity contribution >= 4 is 45.3 Å². The third kappa shape index (κ3) is 3.74. The zero-order chi connectivity index (χ0) is 20.4. The van der Waals surface area contributed by atoms with E-state index >= 15 is 0 Å². The summed E-state index contributed by atoms with van der Waals surface area (Å²) >= 11 is 5.74. The van der Waals surface area contributed by atoms with Crippen LogP contribution in [-0.4, -0.2) is 21.2 Å². The molecule has 2 aromatic rings. The van der Waals surface area contributed by atoms with E-state index in [1.165, 1.54) is 11.3 Å². The summed E-state index contributed by atoms with van der Waals surface area (Å²) in [7, 11) is 0. The second-order valence-corrected chi connectivity index (χ2v) is 10.2. The number of rotatable bonds is 6. The molecule has 1 unspecified atom stereocenters. The van der Waals surface area contributed by atoms with Crippen LogP contribution in [0, 0.1) is 17.3 Å². The Morgan fingerprint density at radius 1 is 1.00 bits per heavy atom. The highest BCUT2D eigenvalue weighted by molar-refractivity contribution is 7.96. The van der Waals surface area contributed by atoms with Gasteiger partial charge in [-0.3, -0.25) is 9.59 Å². The summed E-state index contributed by atoms with van der Waals surface area (Å²) in [5.41, 5.74) is -0.272. The Morgan fingerprint density at radius 2 is 1.55 bits per heavy atom. The number of carboxylic acids is 1. The van der Waals surface area contributed by atoms with Crippen molar-refractivity contribution in [3.05, 3.63) is 29.3 Å². The van der Waals surface area contributed by atoms with Crippen LogP contribution in [-0.2, 0) is 9.59 Å². The largest absolute Gasteiger partial charge is 0.481 e. The maximum Gasteiger partial charge on any atom is 0.311 e. The van der Waals surface area contributed by atoms with Gasteiger partial charge in [0, 0.05) is 0 Å². The molecule has 0 bridgehead atoms. The molecule has 0 aliphatic heterocycles. The Morgan fingerprint density at radius 3 is 2.03 bits per heavy atom. The Labute approximate surface area is 181 Å². The molecule has 4 rings (SSSR count). The fourth-order valence-electron chi connectivity index (χ4n) is 5.97. The lowest BCUT2D eigenvalue weighted by Crippen LogP contribution is -2.52. The zero-order valence-electron chi connectivity index (χ0n) is 16.7. The molecule has 2 aliphatic carbocycles. The first kappa shape index (κ1) is 20.9. The van der Waals surface area contributed by atoms with Gasteiger partial charge in [-0.05, 0) is 49.7 Å². The predicted molar refractivity (Wildman–Crippen MR) is 120 cm³/mol. The highest BCUT2D eigenvalue weighted by Crippen LogP contribution is 2.57. The van der Waals surface area contributed by atoms with Crippen molar-refractivity contribution in [1.29, 1.82) is 0 Å². The summed E-state index contributed by atoms with van der Waals surface area (Å²) in [6.07, 6.45) is 9.99. The Hall–Kier alpha value is -1.40. The van der Waals surface area contributed by atoms with Gasteiger partial charge in [0.25, 0.3) is 0 Å². The van der Waals surface area contributed by atoms with Gasteiger partial charge >= 0.3 is 5.97 Å². The number of carbonyl (C=O) groups is 2. The summed E-state index contributed by atoms with van der Waals surface area (Å²) in [6, 6.07) is 7.80. The van der Waals surface area contributed by atoms with Crippen LogP contribution in [0.3, 0.4) is 0 Å². The molecule has 0 saturated heterocycles. The SMILES string of the molecule is O=C(S)C(c1nc2ccccc2s1)C(C(=O)O)(C1CCCCC1)C1CCCCC1. The number of carbonyl (C=O) groups excluding carboxylic acids is 1. The first-order chi connectivity index (χ1) is 14.0. The lowest BCUT2D eigenvalue weighted by molar-refractivity contribution is -0.165. The number of benzene rings is 1. The Balaban J connectivity index is 1.89. The molecular weight excluding hydrogens is 402 g/mol. The molecule has 2 saturated carbocycles. The minimum absolute atomic E-state index is 0.00459. The van der Waals surface area contributed by atoms with Crippen LogP contribution in [0.1, 0.15) is 75.1 Å². The zero-order valence-corrected chi connectivity index (χ0v) is 18.4. The molecule has 1 aromatic heterocycles. The molecule has 1 aromatic carbocycles. The number of hydrogen-bond donors (Lipinski definition) is 2. The molecule has 0 amide bonds. The van der Waals surface area contributed by atoms with Crippen LogP contribution in [0.2, 0.25) is 0 Å². The molecule has 29 heavy (non-hydrogen) atoms. The van der Waals surface area contributed by atoms with Gasteiger partial charge in [-0.2, -0.15) is 0 Å². The molecule has 0 spiro atoms. The fourth-order valence-corrected chi connectivity index (χ4v) is 7.54. The van der Waals surface area contributed by atoms with Crippen molar-refractivity contribution in [2.45, 2.75) is 70.1 Å². The van der Waals surface area contributed by atoms with Crippen LogP contribution < -0.4 is 0 Å². The molecule has 0 radical (unpaired) electrons. The van der Waals surface area contributed by atoms with E-state index in [4.69, 9.17) is 4.98 Å². The highest BCUT2D eigenvalue weighted by Gasteiger charge is 2.59. The minimum atomic E-state index is -1.10. The molecule has 1 heterocycles. The van der Waals surface area contributed by atoms with E-state index < -0.39 is 17.3 Å². The van der Waals surface area contributed by atoms with E-state index in [9.17, 15) is 14.7 Å². The molecule has 156 valence electrons. The molecule has 1 atom stereocenters. The number of carboxylic acid groups (broad SMARTS) is 1. The number of nitrogens with zero attached hydrogens (tertiary/aromatic N) is 1. The number of aliphatic carboxylic acids is 1. The van der Waals surface area contributed by atoms with Gasteiger partial charge in [-0.25, -0.2) is 4.98 Å². The van der Waals surface area contributed by atoms with E-state index in [1.807, 2.05) is 24.3 Å². The van der Waals surface area contributed by atoms with Gasteiger partial charge in [0.05, 0.1) is 21.5 Å². The number of thiazole rings is 1. The fraction of sp³-hybridized carbons (Fsp3) is 0.609. The first-order valence-electron chi connectivity index (χ1n) is 10.9. The van der Waals surface area contributed by atoms with Crippen LogP contribution in [0.15, 0.2) is 24.3 Å². The smallest absolute Gasteiger partial charge is 0.311 e. The maximum atomic E-state index is 13.1. The van der Waals surface area contributed by atoms with Gasteiger partial charge in [0.2, 0.25) is 0 Å². The third-order valence-corrected chi connectivity index (χ3v) is 8.57. The quantitative estimate of drug-likeness (QED) is 0.545. The van der Waals surface area contributed by atoms with Crippen LogP contribution >= 0.6 is 24.0 Å². The molecule has 4 nitrogen and oxygen atoms in total. The topological polar surface area (TPSA) is 67.3 Å². The van der Waals surface area contributed by atoms with Crippen molar-refractivity contribution in [3.8, 4) is 0 Å². The Kier molecular flexibility index (Phi) is 6.30. The number of aromatic nitrogens is 1. The van der Waals surface area contributed by atoms with E-state index in [0.29, 0.717) is 5.01 Å². The monoisotopic (exact) mass is 431 g/mol. The van der Waals surface area contributed by atoms with E-state index in [1.54, 1.807) is 0 Å². The van der Waals surface area contributed by atoms with E-state index in [2.05, 4.69) is 12.6 Å². The number of hydrogen-bond acceptors (Lipinski definition) is 4. The predicted octanol–water partition coefficient (Wildman–Crippen LogP) is 6.07. The van der Waals surface area contributed by atoms with Gasteiger partial charge in [-0.1, -0.05) is 50.7 Å². The third-order valence-electron chi connectivity index (χ3n) is 7.21. The summed E-state index contributed by atoms with van der Waals surface area (Å²) in [5, 5.41) is 11.1. The van der Waals surface area contributed by atoms with Gasteiger partial charge in [0.15, 0.2) is 5.12 Å². The molecular formula is C23H29NO3S2. The summed E-state index contributed by atoms with van der Waals surface area (Å²) in [5.74, 6) is -1.59. The normalized spacial score (nSPS) is 20.6. The average molecular weight is 432 g/mol. The summed E-state index contributed by atoms with van der Waals surface area (Å²) < 4.78 is 0.994. The van der Waals surface area contributed by atoms with Crippen molar-refractivity contribution in [1.82, 2.24) is 4.98 Å². The second-order valence-electron chi connectivity index (χ2n) is 8.70. The average Bonchev–Trinajstić information content (AvgIpc) is 3.16. The van der Waals surface area contributed by atoms with Crippen molar-refractivity contribution in [3.63, 3.8) is 0 Å². The van der Waals surface area contributed by atoms with Gasteiger partial charge in [-0.15, -0.1) is 24.0 Å². The van der Waals surface area contributed by atoms with Gasteiger partial charge in [0.1, 0.15) is 5.01 Å². The Bertz CT molecular complexity index is 830. The molecule has 1 N–H and O–H groups in total. The molecule has 6 heteroatoms. The van der Waals surface area contributed by atoms with Crippen molar-refractivity contribution in [2.75, 3.05) is 0 Å². The summed E-state index contributed by atoms with van der Waals surface area (Å²) in [4.78, 5) is 30.9. The number of fused-ring (bicyclic) bond motifs is 1. The lowest BCUT2D eigenvalue weighted by atomic mass is 9.53. The minimum Gasteiger partial charge on any atom is -0.481 e. The standard InChI is InChI=1S/C23H29NO3S2/c25-21(28)19(20-24-17-13-7-8-14-18(17)29-20)23(22(26)27,15-9-3-1-4-10-15)16-11-5-2-6-12-16/h7-8,13-16,19H,1-6,9-12H2,(H,25,28)(H,26,27). The maximum absolute atomic E-state index is 13.1. The van der Waals surface area contributed by atoms with Crippen molar-refractivity contribution < 1.29 is 14.7 Å². The van der Waals surface area contributed by atoms with Crippen LogP contribution in [0.4, 0.5) is 0 Å². The van der Waals surface area contributed by atoms with E-state index in [0.717, 1.165) is 74.4 Å². The second kappa shape index (κ2) is 8.76. The van der Waals surface area contributed by atoms with Gasteiger partial charge < -0.3 is 5.11 Å². The van der Waals surface area contributed by atoms with Crippen LogP contribution in [0.25, 0.3) is 10.2 Å². The first-order valence-corrected chi connectivity index (χ1v) is 12.1. The number of thiol groups is 1. The summed E-state index contributed by atoms with van der Waals surface area (Å²) in [6.45, 7) is 0. The van der Waals surface area contributed by atoms with E-state index in [-0.39, 0.29) is 17.0 Å². The van der Waals surface area contributed by atoms with Crippen molar-refractivity contribution in [2.24, 2.45) is 17.3 Å².